The second-order valence-corrected chi connectivity index (χ2v) is 11.0. The Bertz CT molecular complexity index is 1580. The van der Waals surface area contributed by atoms with Crippen molar-refractivity contribution in [1.29, 1.82) is 0 Å². The largest absolute Gasteiger partial charge is 0.384 e. The van der Waals surface area contributed by atoms with Gasteiger partial charge in [0.1, 0.15) is 17.7 Å². The SMILES string of the molecule is CC(=O)c1c([C@@H]2C[C@H]3CC[C@@H](C2)N3C(=O)c2nnc[nH]2)nc2c(-c3ccc(C4(O)CCC4)nc3)cnn2c1N. The van der Waals surface area contributed by atoms with Crippen LogP contribution in [0.4, 0.5) is 5.82 Å². The van der Waals surface area contributed by atoms with Crippen molar-refractivity contribution >= 4 is 23.2 Å². The number of nitrogen functional groups attached to an aromatic ring is 1. The highest BCUT2D eigenvalue weighted by Crippen LogP contribution is 2.45. The quantitative estimate of drug-likeness (QED) is 0.330. The molecule has 39 heavy (non-hydrogen) atoms. The predicted octanol–water partition coefficient (Wildman–Crippen LogP) is 2.62. The average molecular weight is 528 g/mol. The molecule has 3 atom stereocenters. The number of carbonyl (C=O) groups excluding carboxylic acids is 2. The number of aliphatic hydroxyl groups is 1. The third-order valence-corrected chi connectivity index (χ3v) is 8.77. The van der Waals surface area contributed by atoms with Gasteiger partial charge < -0.3 is 20.7 Å². The molecule has 0 spiro atoms. The number of Topliss-reactive ketones (excluding diaryl/α,β-unsaturated/α-hetero) is 1. The number of nitrogens with one attached hydrogen (secondary N) is 1. The lowest BCUT2D eigenvalue weighted by molar-refractivity contribution is -0.0426. The maximum atomic E-state index is 13.1. The van der Waals surface area contributed by atoms with E-state index < -0.39 is 5.60 Å². The summed E-state index contributed by atoms with van der Waals surface area (Å²) in [5, 5.41) is 22.8. The van der Waals surface area contributed by atoms with Crippen LogP contribution in [0.2, 0.25) is 0 Å². The lowest BCUT2D eigenvalue weighted by atomic mass is 9.77. The van der Waals surface area contributed by atoms with Crippen LogP contribution in [-0.4, -0.2) is 68.5 Å². The Balaban J connectivity index is 1.26. The van der Waals surface area contributed by atoms with Crippen molar-refractivity contribution < 1.29 is 14.7 Å². The van der Waals surface area contributed by atoms with Crippen LogP contribution in [0.25, 0.3) is 16.8 Å². The number of piperidine rings is 1. The molecule has 0 radical (unpaired) electrons. The molecule has 12 heteroatoms. The van der Waals surface area contributed by atoms with Gasteiger partial charge in [-0.2, -0.15) is 9.61 Å². The van der Waals surface area contributed by atoms with Gasteiger partial charge in [-0.15, -0.1) is 10.2 Å². The van der Waals surface area contributed by atoms with E-state index in [1.807, 2.05) is 17.0 Å². The van der Waals surface area contributed by atoms with E-state index >= 15 is 0 Å². The zero-order valence-corrected chi connectivity index (χ0v) is 21.5. The zero-order valence-electron chi connectivity index (χ0n) is 21.5. The Morgan fingerprint density at radius 3 is 2.51 bits per heavy atom. The standard InChI is InChI=1S/C27H29N9O3/c1-14(37)21-22(16-9-17-4-5-18(10-16)35(17)26(38)24-30-13-31-34-24)33-25-19(12-32-36(25)23(21)28)15-3-6-20(29-11-15)27(39)7-2-8-27/h3,6,11-13,16-18,39H,2,4-5,7-10,28H2,1H3,(H,30,31,34)/t16-,17-,18+. The van der Waals surface area contributed by atoms with Gasteiger partial charge in [0.05, 0.1) is 23.1 Å². The smallest absolute Gasteiger partial charge is 0.292 e. The van der Waals surface area contributed by atoms with Crippen LogP contribution in [0.15, 0.2) is 30.9 Å². The number of nitrogens with zero attached hydrogens (tertiary/aromatic N) is 7. The molecule has 0 unspecified atom stereocenters. The van der Waals surface area contributed by atoms with Crippen LogP contribution in [-0.2, 0) is 5.60 Å². The van der Waals surface area contributed by atoms with Gasteiger partial charge in [0.25, 0.3) is 5.91 Å². The number of carbonyl (C=O) groups is 2. The van der Waals surface area contributed by atoms with Crippen LogP contribution in [0.5, 0.6) is 0 Å². The highest BCUT2D eigenvalue weighted by molar-refractivity contribution is 6.00. The zero-order chi connectivity index (χ0) is 26.9. The molecule has 12 nitrogen and oxygen atoms in total. The van der Waals surface area contributed by atoms with E-state index in [0.717, 1.165) is 43.2 Å². The van der Waals surface area contributed by atoms with Crippen LogP contribution < -0.4 is 5.73 Å². The molecule has 1 aliphatic carbocycles. The summed E-state index contributed by atoms with van der Waals surface area (Å²) >= 11 is 0. The molecule has 2 aliphatic heterocycles. The number of hydrogen-bond acceptors (Lipinski definition) is 9. The Morgan fingerprint density at radius 2 is 1.92 bits per heavy atom. The molecule has 4 aromatic rings. The van der Waals surface area contributed by atoms with Crippen LogP contribution in [0.3, 0.4) is 0 Å². The summed E-state index contributed by atoms with van der Waals surface area (Å²) in [6, 6.07) is 3.80. The molecule has 4 N–H and O–H groups in total. The molecule has 0 aromatic carbocycles. The number of ketones is 1. The summed E-state index contributed by atoms with van der Waals surface area (Å²) < 4.78 is 1.51. The minimum absolute atomic E-state index is 0.0174. The molecule has 3 fully saturated rings. The van der Waals surface area contributed by atoms with Gasteiger partial charge in [0, 0.05) is 35.3 Å². The predicted molar refractivity (Wildman–Crippen MR) is 140 cm³/mol. The van der Waals surface area contributed by atoms with Gasteiger partial charge in [0.15, 0.2) is 11.4 Å². The Labute approximate surface area is 223 Å². The summed E-state index contributed by atoms with van der Waals surface area (Å²) in [6.07, 6.45) is 10.4. The minimum atomic E-state index is -0.838. The van der Waals surface area contributed by atoms with Crippen molar-refractivity contribution in [2.45, 2.75) is 75.5 Å². The molecule has 2 bridgehead atoms. The highest BCUT2D eigenvalue weighted by Gasteiger charge is 2.46. The van der Waals surface area contributed by atoms with Gasteiger partial charge in [-0.1, -0.05) is 6.07 Å². The van der Waals surface area contributed by atoms with Crippen molar-refractivity contribution in [3.05, 3.63) is 53.6 Å². The monoisotopic (exact) mass is 527 g/mol. The highest BCUT2D eigenvalue weighted by atomic mass is 16.3. The van der Waals surface area contributed by atoms with E-state index in [-0.39, 0.29) is 41.3 Å². The minimum Gasteiger partial charge on any atom is -0.384 e. The fraction of sp³-hybridized carbons (Fsp3) is 0.444. The molecule has 1 amide bonds. The van der Waals surface area contributed by atoms with Gasteiger partial charge in [-0.3, -0.25) is 14.6 Å². The topological polar surface area (TPSA) is 168 Å². The molecule has 2 saturated heterocycles. The first kappa shape index (κ1) is 23.9. The maximum absolute atomic E-state index is 13.1. The number of pyridine rings is 1. The number of H-pyrrole nitrogens is 1. The number of amides is 1. The fourth-order valence-corrected chi connectivity index (χ4v) is 6.65. The van der Waals surface area contributed by atoms with Crippen molar-refractivity contribution in [3.8, 4) is 11.1 Å². The molecule has 1 saturated carbocycles. The summed E-state index contributed by atoms with van der Waals surface area (Å²) in [5.41, 5.74) is 9.54. The van der Waals surface area contributed by atoms with E-state index in [9.17, 15) is 14.7 Å². The van der Waals surface area contributed by atoms with Crippen molar-refractivity contribution in [3.63, 3.8) is 0 Å². The third-order valence-electron chi connectivity index (χ3n) is 8.77. The lowest BCUT2D eigenvalue weighted by Crippen LogP contribution is -2.46. The Kier molecular flexibility index (Phi) is 5.31. The van der Waals surface area contributed by atoms with Gasteiger partial charge >= 0.3 is 0 Å². The van der Waals surface area contributed by atoms with Gasteiger partial charge in [-0.25, -0.2) is 4.98 Å². The number of hydrogen-bond donors (Lipinski definition) is 3. The number of aromatic amines is 1. The van der Waals surface area contributed by atoms with Crippen LogP contribution in [0.1, 0.15) is 90.2 Å². The Morgan fingerprint density at radius 1 is 1.15 bits per heavy atom. The lowest BCUT2D eigenvalue weighted by Gasteiger charge is -2.38. The first-order valence-corrected chi connectivity index (χ1v) is 13.4. The fourth-order valence-electron chi connectivity index (χ4n) is 6.65. The molecular formula is C27H29N9O3. The molecule has 7 rings (SSSR count). The summed E-state index contributed by atoms with van der Waals surface area (Å²) in [6.45, 7) is 1.50. The number of fused-ring (bicyclic) bond motifs is 3. The van der Waals surface area contributed by atoms with Crippen LogP contribution >= 0.6 is 0 Å². The maximum Gasteiger partial charge on any atom is 0.292 e. The van der Waals surface area contributed by atoms with Gasteiger partial charge in [-0.05, 0) is 57.9 Å². The van der Waals surface area contributed by atoms with Crippen LogP contribution in [0, 0.1) is 0 Å². The van der Waals surface area contributed by atoms with Crippen molar-refractivity contribution in [1.82, 2.24) is 39.7 Å². The van der Waals surface area contributed by atoms with E-state index in [0.29, 0.717) is 35.4 Å². The van der Waals surface area contributed by atoms with Crippen molar-refractivity contribution in [2.75, 3.05) is 5.73 Å². The number of anilines is 1. The summed E-state index contributed by atoms with van der Waals surface area (Å²) in [7, 11) is 0. The Hall–Kier alpha value is -4.19. The normalized spacial score (nSPS) is 23.6. The second-order valence-electron chi connectivity index (χ2n) is 11.0. The molecular weight excluding hydrogens is 498 g/mol. The van der Waals surface area contributed by atoms with E-state index in [1.165, 1.54) is 17.8 Å². The average Bonchev–Trinajstić information content (AvgIpc) is 3.65. The second kappa shape index (κ2) is 8.67. The van der Waals surface area contributed by atoms with E-state index in [4.69, 9.17) is 10.7 Å². The number of rotatable bonds is 5. The molecule has 6 heterocycles. The molecule has 3 aliphatic rings. The van der Waals surface area contributed by atoms with E-state index in [2.05, 4.69) is 25.3 Å². The summed E-state index contributed by atoms with van der Waals surface area (Å²) in [5.74, 6) is 0.153. The molecule has 200 valence electrons. The summed E-state index contributed by atoms with van der Waals surface area (Å²) in [4.78, 5) is 40.3. The first-order valence-electron chi connectivity index (χ1n) is 13.4. The van der Waals surface area contributed by atoms with E-state index in [1.54, 1.807) is 12.4 Å². The van der Waals surface area contributed by atoms with Crippen molar-refractivity contribution in [2.24, 2.45) is 0 Å². The molecule has 4 aromatic heterocycles. The number of nitrogens with two attached hydrogens (primary N) is 1. The first-order chi connectivity index (χ1) is 18.8. The third kappa shape index (κ3) is 3.65. The number of aromatic nitrogens is 7. The van der Waals surface area contributed by atoms with Gasteiger partial charge in [0.2, 0.25) is 5.82 Å².